The average Bonchev–Trinajstić information content (AvgIpc) is 3.74. The van der Waals surface area contributed by atoms with Gasteiger partial charge in [0, 0.05) is 65.0 Å². The highest BCUT2D eigenvalue weighted by Crippen LogP contribution is 2.26. The topological polar surface area (TPSA) is 143 Å². The Morgan fingerprint density at radius 3 is 2.65 bits per heavy atom. The van der Waals surface area contributed by atoms with E-state index < -0.39 is 5.82 Å². The monoisotopic (exact) mass is 630 g/mol. The molecule has 1 aliphatic heterocycles. The number of furan rings is 1. The molecule has 3 N–H and O–H groups in total. The first-order chi connectivity index (χ1) is 20.3. The lowest BCUT2D eigenvalue weighted by atomic mass is 10.1. The van der Waals surface area contributed by atoms with E-state index in [-0.39, 0.29) is 29.1 Å². The van der Waals surface area contributed by atoms with Gasteiger partial charge in [0.1, 0.15) is 10.5 Å². The van der Waals surface area contributed by atoms with Crippen molar-refractivity contribution < 1.29 is 13.6 Å². The summed E-state index contributed by atoms with van der Waals surface area (Å²) in [5.41, 5.74) is 7.93. The SMILES string of the molecule is CNCCN(C)C(=O)c1ccc(N2CCN(CCn3c(=O)sc4c3nc(N)n3nc(-c5ccco5)nc43)CC2)c(F)c1.Cl. The number of aromatic nitrogens is 5. The van der Waals surface area contributed by atoms with Crippen molar-refractivity contribution in [3.8, 4) is 11.6 Å². The van der Waals surface area contributed by atoms with Crippen LogP contribution in [-0.2, 0) is 6.54 Å². The number of nitrogens with one attached hydrogen (secondary N) is 1. The van der Waals surface area contributed by atoms with Gasteiger partial charge in [-0.3, -0.25) is 19.1 Å². The summed E-state index contributed by atoms with van der Waals surface area (Å²) in [6.07, 6.45) is 1.54. The van der Waals surface area contributed by atoms with Crippen LogP contribution in [0.3, 0.4) is 0 Å². The van der Waals surface area contributed by atoms with Crippen LogP contribution >= 0.6 is 23.7 Å². The summed E-state index contributed by atoms with van der Waals surface area (Å²) in [6, 6.07) is 8.17. The molecule has 6 rings (SSSR count). The van der Waals surface area contributed by atoms with Crippen molar-refractivity contribution in [1.82, 2.24) is 39.3 Å². The highest BCUT2D eigenvalue weighted by Gasteiger charge is 2.23. The summed E-state index contributed by atoms with van der Waals surface area (Å²) in [4.78, 5) is 40.2. The highest BCUT2D eigenvalue weighted by molar-refractivity contribution is 7.17. The van der Waals surface area contributed by atoms with Gasteiger partial charge in [-0.2, -0.15) is 9.50 Å². The molecule has 0 bridgehead atoms. The molecule has 0 saturated carbocycles. The van der Waals surface area contributed by atoms with E-state index in [4.69, 9.17) is 10.2 Å². The molecule has 1 aliphatic rings. The van der Waals surface area contributed by atoms with E-state index in [0.717, 1.165) is 11.3 Å². The number of hydrogen-bond acceptors (Lipinski definition) is 11. The van der Waals surface area contributed by atoms with Crippen LogP contribution in [0, 0.1) is 5.82 Å². The lowest BCUT2D eigenvalue weighted by Crippen LogP contribution is -2.47. The first-order valence-corrected chi connectivity index (χ1v) is 14.4. The fourth-order valence-electron chi connectivity index (χ4n) is 5.09. The number of nitrogens with two attached hydrogens (primary N) is 1. The number of carbonyl (C=O) groups excluding carboxylic acids is 1. The van der Waals surface area contributed by atoms with Gasteiger partial charge in [0.15, 0.2) is 17.1 Å². The summed E-state index contributed by atoms with van der Waals surface area (Å²) in [6.45, 7) is 4.86. The average molecular weight is 631 g/mol. The molecule has 0 radical (unpaired) electrons. The van der Waals surface area contributed by atoms with Crippen molar-refractivity contribution in [3.05, 3.63) is 57.6 Å². The van der Waals surface area contributed by atoms with Crippen LogP contribution in [-0.4, -0.2) is 99.8 Å². The zero-order valence-electron chi connectivity index (χ0n) is 23.7. The molecule has 1 saturated heterocycles. The molecule has 13 nitrogen and oxygen atoms in total. The molecule has 1 aromatic carbocycles. The Bertz CT molecular complexity index is 1800. The predicted octanol–water partition coefficient (Wildman–Crippen LogP) is 2.02. The van der Waals surface area contributed by atoms with E-state index >= 15 is 4.39 Å². The Hall–Kier alpha value is -4.05. The normalized spacial score (nSPS) is 14.0. The molecule has 5 heterocycles. The van der Waals surface area contributed by atoms with E-state index in [1.54, 1.807) is 40.8 Å². The van der Waals surface area contributed by atoms with Crippen molar-refractivity contribution in [3.63, 3.8) is 0 Å². The fourth-order valence-corrected chi connectivity index (χ4v) is 6.02. The third-order valence-electron chi connectivity index (χ3n) is 7.45. The number of nitrogens with zero attached hydrogens (tertiary/aromatic N) is 8. The van der Waals surface area contributed by atoms with Gasteiger partial charge in [0.2, 0.25) is 11.8 Å². The van der Waals surface area contributed by atoms with Crippen LogP contribution in [0.5, 0.6) is 0 Å². The van der Waals surface area contributed by atoms with E-state index in [1.165, 1.54) is 16.8 Å². The smallest absolute Gasteiger partial charge is 0.309 e. The number of likely N-dealkylation sites (N-methyl/N-ethyl adjacent to an activating group) is 2. The van der Waals surface area contributed by atoms with Gasteiger partial charge in [-0.25, -0.2) is 9.37 Å². The minimum absolute atomic E-state index is 0. The van der Waals surface area contributed by atoms with Crippen LogP contribution in [0.1, 0.15) is 10.4 Å². The number of fused-ring (bicyclic) bond motifs is 3. The quantitative estimate of drug-likeness (QED) is 0.248. The van der Waals surface area contributed by atoms with Gasteiger partial charge in [0.25, 0.3) is 5.91 Å². The second kappa shape index (κ2) is 12.7. The Morgan fingerprint density at radius 2 is 1.95 bits per heavy atom. The second-order valence-corrected chi connectivity index (χ2v) is 11.1. The van der Waals surface area contributed by atoms with Gasteiger partial charge in [-0.05, 0) is 37.4 Å². The summed E-state index contributed by atoms with van der Waals surface area (Å²) >= 11 is 1.06. The third-order valence-corrected chi connectivity index (χ3v) is 8.41. The van der Waals surface area contributed by atoms with E-state index in [2.05, 4.69) is 25.3 Å². The minimum atomic E-state index is -0.411. The van der Waals surface area contributed by atoms with E-state index in [0.29, 0.717) is 91.2 Å². The van der Waals surface area contributed by atoms with Crippen molar-refractivity contribution in [2.45, 2.75) is 6.54 Å². The molecule has 16 heteroatoms. The number of halogens is 2. The third kappa shape index (κ3) is 5.93. The molecular weight excluding hydrogens is 599 g/mol. The maximum atomic E-state index is 15.1. The molecule has 43 heavy (non-hydrogen) atoms. The van der Waals surface area contributed by atoms with Crippen LogP contribution in [0.2, 0.25) is 0 Å². The molecule has 5 aromatic rings. The lowest BCUT2D eigenvalue weighted by Gasteiger charge is -2.36. The Morgan fingerprint density at radius 1 is 1.16 bits per heavy atom. The lowest BCUT2D eigenvalue weighted by molar-refractivity contribution is 0.0796. The number of nitrogen functional groups attached to an aromatic ring is 1. The molecular formula is C27H32ClFN10O3S. The number of rotatable bonds is 9. The highest BCUT2D eigenvalue weighted by atomic mass is 35.5. The van der Waals surface area contributed by atoms with Crippen molar-refractivity contribution >= 4 is 57.3 Å². The molecule has 1 fully saturated rings. The Balaban J connectivity index is 0.00000368. The van der Waals surface area contributed by atoms with Gasteiger partial charge < -0.3 is 25.3 Å². The first-order valence-electron chi connectivity index (χ1n) is 13.6. The van der Waals surface area contributed by atoms with Crippen LogP contribution in [0.15, 0.2) is 45.8 Å². The summed E-state index contributed by atoms with van der Waals surface area (Å²) in [7, 11) is 3.52. The fraction of sp³-hybridized carbons (Fsp3) is 0.370. The molecule has 228 valence electrons. The number of piperazine rings is 1. The van der Waals surface area contributed by atoms with E-state index in [1.807, 2.05) is 11.9 Å². The molecule has 4 aromatic heterocycles. The largest absolute Gasteiger partial charge is 0.461 e. The zero-order chi connectivity index (χ0) is 29.4. The van der Waals surface area contributed by atoms with Crippen molar-refractivity contribution in [2.75, 3.05) is 70.5 Å². The van der Waals surface area contributed by atoms with Crippen LogP contribution in [0.4, 0.5) is 16.0 Å². The zero-order valence-corrected chi connectivity index (χ0v) is 25.3. The number of amides is 1. The predicted molar refractivity (Wildman–Crippen MR) is 166 cm³/mol. The summed E-state index contributed by atoms with van der Waals surface area (Å²) < 4.78 is 24.1. The number of anilines is 2. The van der Waals surface area contributed by atoms with Gasteiger partial charge in [-0.15, -0.1) is 17.5 Å². The molecule has 0 unspecified atom stereocenters. The standard InChI is InChI=1S/C27H31FN10O3S.ClH/c1-30-7-8-34(2)25(39)17-5-6-19(18(28)16-17)36-12-9-35(10-13-36)11-14-37-23-21(42-27(37)40)24-31-22(20-4-3-15-41-20)33-38(24)26(29)32-23;/h3-6,15-16,30H,7-14H2,1-2H3,(H2,29,32);1H. The second-order valence-electron chi connectivity index (χ2n) is 10.1. The molecule has 1 amide bonds. The molecule has 0 aliphatic carbocycles. The molecule has 0 spiro atoms. The number of hydrogen-bond donors (Lipinski definition) is 2. The van der Waals surface area contributed by atoms with Crippen LogP contribution in [0.25, 0.3) is 27.6 Å². The van der Waals surface area contributed by atoms with Gasteiger partial charge in [0.05, 0.1) is 12.0 Å². The maximum absolute atomic E-state index is 15.1. The minimum Gasteiger partial charge on any atom is -0.461 e. The Kier molecular flexibility index (Phi) is 8.96. The number of thiazole rings is 1. The number of benzene rings is 1. The first kappa shape index (κ1) is 30.4. The Labute approximate surface area is 256 Å². The maximum Gasteiger partial charge on any atom is 0.309 e. The number of carbonyl (C=O) groups is 1. The summed E-state index contributed by atoms with van der Waals surface area (Å²) in [5.74, 6) is 0.361. The van der Waals surface area contributed by atoms with E-state index in [9.17, 15) is 9.59 Å². The van der Waals surface area contributed by atoms with Crippen molar-refractivity contribution in [2.24, 2.45) is 0 Å². The summed E-state index contributed by atoms with van der Waals surface area (Å²) in [5, 5.41) is 7.39. The van der Waals surface area contributed by atoms with Crippen LogP contribution < -0.4 is 20.8 Å². The van der Waals surface area contributed by atoms with Crippen molar-refractivity contribution in [1.29, 1.82) is 0 Å². The van der Waals surface area contributed by atoms with Gasteiger partial charge in [-0.1, -0.05) is 11.3 Å². The van der Waals surface area contributed by atoms with Gasteiger partial charge >= 0.3 is 4.87 Å². The molecule has 0 atom stereocenters.